The molecule has 3 aromatic rings. The maximum absolute atomic E-state index is 12.6. The lowest BCUT2D eigenvalue weighted by Gasteiger charge is -2.39. The number of hydrogen-bond acceptors (Lipinski definition) is 7. The quantitative estimate of drug-likeness (QED) is 0.637. The Morgan fingerprint density at radius 2 is 2.10 bits per heavy atom. The summed E-state index contributed by atoms with van der Waals surface area (Å²) < 4.78 is 4.19. The second-order valence-electron chi connectivity index (χ2n) is 7.30. The minimum Gasteiger partial charge on any atom is -0.355 e. The standard InChI is InChI=1S/C20H22ClN7OS/c1-12-7-19(30-27-12)26-20(29)25-17-5-6-28(18-10-22-8-13(2)24-18)11-15(17)16-4-3-14(21)9-23-16/h3-4,7-10,15,17H,5-6,11H2,1-2H3,(H2,25,26,29)/t15-,17+/m0/s1. The Morgan fingerprint density at radius 1 is 1.23 bits per heavy atom. The molecule has 0 bridgehead atoms. The molecule has 10 heteroatoms. The molecule has 1 fully saturated rings. The number of aryl methyl sites for hydroxylation is 2. The van der Waals surface area contributed by atoms with Crippen molar-refractivity contribution in [3.63, 3.8) is 0 Å². The van der Waals surface area contributed by atoms with E-state index in [2.05, 4.69) is 34.9 Å². The second kappa shape index (κ2) is 8.93. The van der Waals surface area contributed by atoms with Gasteiger partial charge in [0.05, 0.1) is 22.6 Å². The van der Waals surface area contributed by atoms with Crippen molar-refractivity contribution >= 4 is 40.0 Å². The van der Waals surface area contributed by atoms with Crippen LogP contribution >= 0.6 is 23.1 Å². The summed E-state index contributed by atoms with van der Waals surface area (Å²) in [5.41, 5.74) is 2.63. The molecule has 1 saturated heterocycles. The summed E-state index contributed by atoms with van der Waals surface area (Å²) in [5, 5.41) is 7.29. The second-order valence-corrected chi connectivity index (χ2v) is 8.54. The Labute approximate surface area is 183 Å². The van der Waals surface area contributed by atoms with Crippen LogP contribution in [0.5, 0.6) is 0 Å². The zero-order valence-corrected chi connectivity index (χ0v) is 18.2. The lowest BCUT2D eigenvalue weighted by atomic mass is 9.89. The van der Waals surface area contributed by atoms with E-state index >= 15 is 0 Å². The molecular formula is C20H22ClN7OS. The van der Waals surface area contributed by atoms with Gasteiger partial charge < -0.3 is 10.2 Å². The van der Waals surface area contributed by atoms with Crippen molar-refractivity contribution in [1.29, 1.82) is 0 Å². The third-order valence-corrected chi connectivity index (χ3v) is 6.01. The van der Waals surface area contributed by atoms with Gasteiger partial charge in [-0.05, 0) is 50.0 Å². The van der Waals surface area contributed by atoms with Crippen LogP contribution in [0.4, 0.5) is 15.6 Å². The summed E-state index contributed by atoms with van der Waals surface area (Å²) in [4.78, 5) is 28.2. The molecule has 2 atom stereocenters. The van der Waals surface area contributed by atoms with Gasteiger partial charge in [-0.15, -0.1) is 0 Å². The molecule has 0 radical (unpaired) electrons. The molecular weight excluding hydrogens is 422 g/mol. The molecule has 0 aromatic carbocycles. The van der Waals surface area contributed by atoms with Crippen LogP contribution in [0.25, 0.3) is 0 Å². The first-order chi connectivity index (χ1) is 14.5. The highest BCUT2D eigenvalue weighted by Gasteiger charge is 2.33. The predicted octanol–water partition coefficient (Wildman–Crippen LogP) is 3.78. The third-order valence-electron chi connectivity index (χ3n) is 4.99. The van der Waals surface area contributed by atoms with E-state index in [0.29, 0.717) is 11.6 Å². The predicted molar refractivity (Wildman–Crippen MR) is 118 cm³/mol. The summed E-state index contributed by atoms with van der Waals surface area (Å²) >= 11 is 7.30. The first-order valence-corrected chi connectivity index (χ1v) is 10.8. The average Bonchev–Trinajstić information content (AvgIpc) is 3.13. The minimum absolute atomic E-state index is 0.0210. The van der Waals surface area contributed by atoms with Crippen molar-refractivity contribution in [1.82, 2.24) is 24.6 Å². The molecule has 156 valence electrons. The maximum Gasteiger partial charge on any atom is 0.320 e. The average molecular weight is 444 g/mol. The topological polar surface area (TPSA) is 95.9 Å². The van der Waals surface area contributed by atoms with Gasteiger partial charge in [0.25, 0.3) is 0 Å². The molecule has 30 heavy (non-hydrogen) atoms. The van der Waals surface area contributed by atoms with E-state index in [0.717, 1.165) is 40.9 Å². The third kappa shape index (κ3) is 4.85. The molecule has 1 aliphatic heterocycles. The summed E-state index contributed by atoms with van der Waals surface area (Å²) in [6.07, 6.45) is 5.90. The molecule has 8 nitrogen and oxygen atoms in total. The van der Waals surface area contributed by atoms with Gasteiger partial charge in [0.2, 0.25) is 0 Å². The number of nitrogens with zero attached hydrogens (tertiary/aromatic N) is 5. The summed E-state index contributed by atoms with van der Waals surface area (Å²) in [7, 11) is 0. The highest BCUT2D eigenvalue weighted by atomic mass is 35.5. The van der Waals surface area contributed by atoms with Gasteiger partial charge in [0.1, 0.15) is 10.8 Å². The Morgan fingerprint density at radius 3 is 2.80 bits per heavy atom. The number of carbonyl (C=O) groups excluding carboxylic acids is 1. The zero-order chi connectivity index (χ0) is 21.1. The molecule has 4 rings (SSSR count). The number of halogens is 1. The minimum atomic E-state index is -0.244. The Bertz CT molecular complexity index is 1030. The van der Waals surface area contributed by atoms with E-state index < -0.39 is 0 Å². The van der Waals surface area contributed by atoms with E-state index in [1.807, 2.05) is 32.0 Å². The number of carbonyl (C=O) groups is 1. The summed E-state index contributed by atoms with van der Waals surface area (Å²) in [5.74, 6) is 0.810. The van der Waals surface area contributed by atoms with Crippen molar-refractivity contribution in [2.24, 2.45) is 0 Å². The fourth-order valence-corrected chi connectivity index (χ4v) is 4.35. The van der Waals surface area contributed by atoms with Crippen LogP contribution in [-0.2, 0) is 0 Å². The van der Waals surface area contributed by atoms with Gasteiger partial charge in [0, 0.05) is 43.1 Å². The Balaban J connectivity index is 1.52. The molecule has 0 spiro atoms. The number of urea groups is 1. The molecule has 3 aromatic heterocycles. The molecule has 0 unspecified atom stereocenters. The van der Waals surface area contributed by atoms with Crippen LogP contribution < -0.4 is 15.5 Å². The van der Waals surface area contributed by atoms with Gasteiger partial charge >= 0.3 is 6.03 Å². The van der Waals surface area contributed by atoms with Crippen molar-refractivity contribution in [2.45, 2.75) is 32.2 Å². The van der Waals surface area contributed by atoms with Gasteiger partial charge in [-0.3, -0.25) is 15.3 Å². The van der Waals surface area contributed by atoms with Gasteiger partial charge in [-0.2, -0.15) is 4.37 Å². The number of rotatable bonds is 4. The van der Waals surface area contributed by atoms with E-state index in [4.69, 9.17) is 11.6 Å². The highest BCUT2D eigenvalue weighted by Crippen LogP contribution is 2.29. The molecule has 0 saturated carbocycles. The fraction of sp³-hybridized carbons (Fsp3) is 0.350. The fourth-order valence-electron chi connectivity index (χ4n) is 3.58. The molecule has 0 aliphatic carbocycles. The lowest BCUT2D eigenvalue weighted by molar-refractivity contribution is 0.243. The van der Waals surface area contributed by atoms with E-state index in [-0.39, 0.29) is 18.0 Å². The number of amides is 2. The number of nitrogens with one attached hydrogen (secondary N) is 2. The Hall–Kier alpha value is -2.78. The highest BCUT2D eigenvalue weighted by molar-refractivity contribution is 7.10. The van der Waals surface area contributed by atoms with Gasteiger partial charge in [-0.25, -0.2) is 9.78 Å². The smallest absolute Gasteiger partial charge is 0.320 e. The number of anilines is 2. The first kappa shape index (κ1) is 20.5. The Kier molecular flexibility index (Phi) is 6.10. The molecule has 1 aliphatic rings. The molecule has 2 amide bonds. The van der Waals surface area contributed by atoms with E-state index in [9.17, 15) is 4.79 Å². The van der Waals surface area contributed by atoms with E-state index in [1.54, 1.807) is 18.6 Å². The number of hydrogen-bond donors (Lipinski definition) is 2. The number of piperidine rings is 1. The normalized spacial score (nSPS) is 18.8. The van der Waals surface area contributed by atoms with Crippen LogP contribution in [0.3, 0.4) is 0 Å². The maximum atomic E-state index is 12.6. The van der Waals surface area contributed by atoms with Crippen molar-refractivity contribution in [3.8, 4) is 0 Å². The largest absolute Gasteiger partial charge is 0.355 e. The van der Waals surface area contributed by atoms with Crippen LogP contribution in [-0.4, -0.2) is 44.5 Å². The number of aromatic nitrogens is 4. The van der Waals surface area contributed by atoms with Gasteiger partial charge in [-0.1, -0.05) is 11.6 Å². The first-order valence-electron chi connectivity index (χ1n) is 9.64. The van der Waals surface area contributed by atoms with Crippen molar-refractivity contribution in [2.75, 3.05) is 23.3 Å². The van der Waals surface area contributed by atoms with E-state index in [1.165, 1.54) is 11.5 Å². The number of pyridine rings is 1. The van der Waals surface area contributed by atoms with Crippen LogP contribution in [0.1, 0.15) is 29.4 Å². The van der Waals surface area contributed by atoms with Crippen LogP contribution in [0.2, 0.25) is 5.02 Å². The zero-order valence-electron chi connectivity index (χ0n) is 16.7. The van der Waals surface area contributed by atoms with Crippen molar-refractivity contribution < 1.29 is 4.79 Å². The molecule has 4 heterocycles. The summed E-state index contributed by atoms with van der Waals surface area (Å²) in [6, 6.07) is 5.26. The van der Waals surface area contributed by atoms with Crippen LogP contribution in [0, 0.1) is 13.8 Å². The SMILES string of the molecule is Cc1cc(NC(=O)N[C@@H]2CCN(c3cncc(C)n3)C[C@H]2c2ccc(Cl)cn2)sn1. The lowest BCUT2D eigenvalue weighted by Crippen LogP contribution is -2.51. The molecule has 2 N–H and O–H groups in total. The van der Waals surface area contributed by atoms with Crippen LogP contribution in [0.15, 0.2) is 36.8 Å². The van der Waals surface area contributed by atoms with Gasteiger partial charge in [0.15, 0.2) is 0 Å². The summed E-state index contributed by atoms with van der Waals surface area (Å²) in [6.45, 7) is 5.24. The monoisotopic (exact) mass is 443 g/mol. The van der Waals surface area contributed by atoms with Crippen molar-refractivity contribution in [3.05, 3.63) is 58.9 Å².